The topological polar surface area (TPSA) is 52.9 Å². The molecule has 0 heterocycles. The molecule has 1 aromatic rings. The highest BCUT2D eigenvalue weighted by Crippen LogP contribution is 2.12. The SMILES string of the molecule is CC(C)NC(=O)/C(C#N)=C\c1ccc(Cl)cc1. The molecule has 0 spiro atoms. The molecule has 1 amide bonds. The van der Waals surface area contributed by atoms with Crippen molar-refractivity contribution in [1.29, 1.82) is 5.26 Å². The van der Waals surface area contributed by atoms with E-state index in [1.54, 1.807) is 24.3 Å². The van der Waals surface area contributed by atoms with Crippen molar-refractivity contribution in [3.8, 4) is 6.07 Å². The van der Waals surface area contributed by atoms with Crippen LogP contribution in [0.2, 0.25) is 5.02 Å². The number of halogens is 1. The first-order chi connectivity index (χ1) is 8.02. The van der Waals surface area contributed by atoms with Crippen molar-refractivity contribution < 1.29 is 4.79 Å². The van der Waals surface area contributed by atoms with E-state index < -0.39 is 0 Å². The molecule has 0 aromatic heterocycles. The smallest absolute Gasteiger partial charge is 0.262 e. The van der Waals surface area contributed by atoms with Crippen LogP contribution in [0.4, 0.5) is 0 Å². The zero-order chi connectivity index (χ0) is 12.8. The van der Waals surface area contributed by atoms with Gasteiger partial charge in [-0.15, -0.1) is 0 Å². The average molecular weight is 249 g/mol. The molecule has 17 heavy (non-hydrogen) atoms. The van der Waals surface area contributed by atoms with E-state index in [0.717, 1.165) is 5.56 Å². The van der Waals surface area contributed by atoms with Gasteiger partial charge in [-0.1, -0.05) is 23.7 Å². The monoisotopic (exact) mass is 248 g/mol. The molecule has 0 fully saturated rings. The number of carbonyl (C=O) groups is 1. The molecule has 0 bridgehead atoms. The van der Waals surface area contributed by atoms with E-state index in [4.69, 9.17) is 16.9 Å². The maximum absolute atomic E-state index is 11.6. The Morgan fingerprint density at radius 2 is 2.00 bits per heavy atom. The van der Waals surface area contributed by atoms with Crippen LogP contribution in [0, 0.1) is 11.3 Å². The predicted octanol–water partition coefficient (Wildman–Crippen LogP) is 2.77. The molecule has 0 radical (unpaired) electrons. The summed E-state index contributed by atoms with van der Waals surface area (Å²) in [5.74, 6) is -0.363. The second kappa shape index (κ2) is 6.07. The minimum Gasteiger partial charge on any atom is -0.349 e. The van der Waals surface area contributed by atoms with Gasteiger partial charge in [0.25, 0.3) is 5.91 Å². The highest BCUT2D eigenvalue weighted by Gasteiger charge is 2.09. The molecule has 0 aliphatic heterocycles. The number of carbonyl (C=O) groups excluding carboxylic acids is 1. The van der Waals surface area contributed by atoms with E-state index in [1.165, 1.54) is 6.08 Å². The first kappa shape index (κ1) is 13.3. The number of benzene rings is 1. The Morgan fingerprint density at radius 1 is 1.41 bits per heavy atom. The zero-order valence-electron chi connectivity index (χ0n) is 9.70. The van der Waals surface area contributed by atoms with Crippen LogP contribution in [0.25, 0.3) is 6.08 Å². The van der Waals surface area contributed by atoms with Crippen molar-refractivity contribution in [1.82, 2.24) is 5.32 Å². The van der Waals surface area contributed by atoms with Gasteiger partial charge in [0.15, 0.2) is 0 Å². The van der Waals surface area contributed by atoms with Gasteiger partial charge in [0.1, 0.15) is 11.6 Å². The standard InChI is InChI=1S/C13H13ClN2O/c1-9(2)16-13(17)11(8-15)7-10-3-5-12(14)6-4-10/h3-7,9H,1-2H3,(H,16,17)/b11-7-. The number of nitrogens with zero attached hydrogens (tertiary/aromatic N) is 1. The van der Waals surface area contributed by atoms with Gasteiger partial charge in [0.05, 0.1) is 0 Å². The zero-order valence-corrected chi connectivity index (χ0v) is 10.5. The van der Waals surface area contributed by atoms with Crippen LogP contribution in [-0.4, -0.2) is 11.9 Å². The summed E-state index contributed by atoms with van der Waals surface area (Å²) >= 11 is 5.75. The van der Waals surface area contributed by atoms with E-state index in [1.807, 2.05) is 19.9 Å². The molecular weight excluding hydrogens is 236 g/mol. The Kier molecular flexibility index (Phi) is 4.74. The molecule has 0 aliphatic carbocycles. The molecule has 1 rings (SSSR count). The van der Waals surface area contributed by atoms with Crippen molar-refractivity contribution in [3.63, 3.8) is 0 Å². The Bertz CT molecular complexity index is 469. The minimum atomic E-state index is -0.363. The third kappa shape index (κ3) is 4.29. The number of rotatable bonds is 3. The molecule has 4 heteroatoms. The highest BCUT2D eigenvalue weighted by atomic mass is 35.5. The molecule has 0 saturated carbocycles. The quantitative estimate of drug-likeness (QED) is 0.661. The lowest BCUT2D eigenvalue weighted by Gasteiger charge is -2.06. The third-order valence-electron chi connectivity index (χ3n) is 1.97. The molecule has 3 nitrogen and oxygen atoms in total. The molecule has 0 saturated heterocycles. The van der Waals surface area contributed by atoms with Crippen LogP contribution in [0.15, 0.2) is 29.8 Å². The van der Waals surface area contributed by atoms with Crippen LogP contribution in [0.5, 0.6) is 0 Å². The number of hydrogen-bond donors (Lipinski definition) is 1. The number of hydrogen-bond acceptors (Lipinski definition) is 2. The van der Waals surface area contributed by atoms with Crippen molar-refractivity contribution in [2.75, 3.05) is 0 Å². The molecule has 1 N–H and O–H groups in total. The van der Waals surface area contributed by atoms with Crippen LogP contribution in [-0.2, 0) is 4.79 Å². The van der Waals surface area contributed by atoms with Gasteiger partial charge in [-0.25, -0.2) is 0 Å². The van der Waals surface area contributed by atoms with Crippen LogP contribution < -0.4 is 5.32 Å². The molecule has 1 aromatic carbocycles. The normalized spacial score (nSPS) is 11.1. The predicted molar refractivity (Wildman–Crippen MR) is 68.3 cm³/mol. The summed E-state index contributed by atoms with van der Waals surface area (Å²) in [5, 5.41) is 12.2. The van der Waals surface area contributed by atoms with E-state index in [-0.39, 0.29) is 17.5 Å². The summed E-state index contributed by atoms with van der Waals surface area (Å²) in [6.45, 7) is 3.68. The van der Waals surface area contributed by atoms with Gasteiger partial charge < -0.3 is 5.32 Å². The lowest BCUT2D eigenvalue weighted by Crippen LogP contribution is -2.30. The summed E-state index contributed by atoms with van der Waals surface area (Å²) in [6, 6.07) is 8.82. The summed E-state index contributed by atoms with van der Waals surface area (Å²) in [4.78, 5) is 11.6. The molecule has 88 valence electrons. The maximum atomic E-state index is 11.6. The third-order valence-corrected chi connectivity index (χ3v) is 2.22. The van der Waals surface area contributed by atoms with Crippen LogP contribution in [0.3, 0.4) is 0 Å². The Labute approximate surface area is 106 Å². The minimum absolute atomic E-state index is 0.00414. The summed E-state index contributed by atoms with van der Waals surface area (Å²) in [6.07, 6.45) is 1.54. The van der Waals surface area contributed by atoms with Crippen molar-refractivity contribution >= 4 is 23.6 Å². The first-order valence-electron chi connectivity index (χ1n) is 5.21. The first-order valence-corrected chi connectivity index (χ1v) is 5.59. The van der Waals surface area contributed by atoms with Gasteiger partial charge in [0.2, 0.25) is 0 Å². The van der Waals surface area contributed by atoms with Crippen molar-refractivity contribution in [3.05, 3.63) is 40.4 Å². The van der Waals surface area contributed by atoms with Gasteiger partial charge >= 0.3 is 0 Å². The number of amides is 1. The number of nitrogens with one attached hydrogen (secondary N) is 1. The van der Waals surface area contributed by atoms with Crippen molar-refractivity contribution in [2.45, 2.75) is 19.9 Å². The van der Waals surface area contributed by atoms with Crippen LogP contribution >= 0.6 is 11.6 Å². The van der Waals surface area contributed by atoms with Crippen molar-refractivity contribution in [2.24, 2.45) is 0 Å². The fourth-order valence-corrected chi connectivity index (χ4v) is 1.34. The van der Waals surface area contributed by atoms with Gasteiger partial charge in [-0.2, -0.15) is 5.26 Å². The molecular formula is C13H13ClN2O. The molecule has 0 aliphatic rings. The van der Waals surface area contributed by atoms with Gasteiger partial charge in [0, 0.05) is 11.1 Å². The summed E-state index contributed by atoms with van der Waals surface area (Å²) in [7, 11) is 0. The lowest BCUT2D eigenvalue weighted by molar-refractivity contribution is -0.117. The van der Waals surface area contributed by atoms with Gasteiger partial charge in [-0.05, 0) is 37.6 Å². The summed E-state index contributed by atoms with van der Waals surface area (Å²) in [5.41, 5.74) is 0.853. The Balaban J connectivity index is 2.91. The van der Waals surface area contributed by atoms with Crippen LogP contribution in [0.1, 0.15) is 19.4 Å². The molecule has 0 atom stereocenters. The van der Waals surface area contributed by atoms with E-state index in [2.05, 4.69) is 5.32 Å². The largest absolute Gasteiger partial charge is 0.349 e. The number of nitriles is 1. The summed E-state index contributed by atoms with van der Waals surface area (Å²) < 4.78 is 0. The lowest BCUT2D eigenvalue weighted by atomic mass is 10.1. The maximum Gasteiger partial charge on any atom is 0.262 e. The van der Waals surface area contributed by atoms with E-state index in [9.17, 15) is 4.79 Å². The second-order valence-electron chi connectivity index (χ2n) is 3.85. The fraction of sp³-hybridized carbons (Fsp3) is 0.231. The Morgan fingerprint density at radius 3 is 2.47 bits per heavy atom. The second-order valence-corrected chi connectivity index (χ2v) is 4.29. The van der Waals surface area contributed by atoms with E-state index >= 15 is 0 Å². The van der Waals surface area contributed by atoms with E-state index in [0.29, 0.717) is 5.02 Å². The Hall–Kier alpha value is -1.79. The van der Waals surface area contributed by atoms with Gasteiger partial charge in [-0.3, -0.25) is 4.79 Å². The molecule has 0 unspecified atom stereocenters. The fourth-order valence-electron chi connectivity index (χ4n) is 1.21. The highest BCUT2D eigenvalue weighted by molar-refractivity contribution is 6.30. The average Bonchev–Trinajstić information content (AvgIpc) is 2.27.